The lowest BCUT2D eigenvalue weighted by Crippen LogP contribution is -2.48. The minimum atomic E-state index is -4.37. The predicted octanol–water partition coefficient (Wildman–Crippen LogP) is 4.60. The van der Waals surface area contributed by atoms with Crippen LogP contribution < -0.4 is 14.5 Å². The Labute approximate surface area is 271 Å². The van der Waals surface area contributed by atoms with Crippen molar-refractivity contribution in [2.45, 2.75) is 102 Å². The molecule has 0 spiro atoms. The first kappa shape index (κ1) is 33.0. The summed E-state index contributed by atoms with van der Waals surface area (Å²) in [5.74, 6) is 0.270. The van der Waals surface area contributed by atoms with E-state index in [1.54, 1.807) is 51.1 Å². The molecule has 250 valence electrons. The van der Waals surface area contributed by atoms with E-state index in [0.29, 0.717) is 34.9 Å². The molecule has 2 saturated carbocycles. The number of benzene rings is 1. The molecular weight excluding hydrogens is 642 g/mol. The number of imidazole rings is 1. The number of aliphatic hydroxyl groups excluding tert-OH is 1. The molecule has 2 aromatic heterocycles. The quantitative estimate of drug-likeness (QED) is 0.139. The number of aryl methyl sites for hydroxylation is 1. The summed E-state index contributed by atoms with van der Waals surface area (Å²) in [6.07, 6.45) is 0.154. The topological polar surface area (TPSA) is 150 Å². The smallest absolute Gasteiger partial charge is 0.459 e. The number of fused-ring (bicyclic) bond motifs is 1. The Morgan fingerprint density at radius 1 is 1.22 bits per heavy atom. The molecule has 3 fully saturated rings. The van der Waals surface area contributed by atoms with Crippen molar-refractivity contribution < 1.29 is 37.4 Å². The third-order valence-corrected chi connectivity index (χ3v) is 10.2. The number of anilines is 1. The molecule has 6 atom stereocenters. The number of aliphatic hydroxyl groups is 1. The van der Waals surface area contributed by atoms with Crippen LogP contribution in [0.1, 0.15) is 58.5 Å². The number of aromatic nitrogens is 4. The lowest BCUT2D eigenvalue weighted by atomic mass is 9.99. The zero-order valence-corrected chi connectivity index (χ0v) is 27.7. The maximum atomic E-state index is 16.0. The number of nitrogens with zero attached hydrogens (tertiary/aromatic N) is 5. The maximum absolute atomic E-state index is 16.0. The number of carbonyl (C=O) groups excluding carboxylic acids is 1. The summed E-state index contributed by atoms with van der Waals surface area (Å²) in [7, 11) is -4.37. The van der Waals surface area contributed by atoms with Gasteiger partial charge >= 0.3 is 13.7 Å². The minimum absolute atomic E-state index is 0.180. The highest BCUT2D eigenvalue weighted by Crippen LogP contribution is 2.49. The van der Waals surface area contributed by atoms with Gasteiger partial charge in [0, 0.05) is 12.1 Å². The van der Waals surface area contributed by atoms with Crippen LogP contribution in [0.5, 0.6) is 5.75 Å². The number of para-hydroxylation sites is 1. The third kappa shape index (κ3) is 6.74. The summed E-state index contributed by atoms with van der Waals surface area (Å²) in [5, 5.41) is 13.8. The molecule has 0 bridgehead atoms. The van der Waals surface area contributed by atoms with E-state index in [1.165, 1.54) is 17.8 Å². The number of esters is 1. The largest absolute Gasteiger partial charge is 0.462 e. The van der Waals surface area contributed by atoms with Gasteiger partial charge in [0.15, 0.2) is 29.4 Å². The fourth-order valence-corrected chi connectivity index (χ4v) is 7.40. The molecule has 2 aliphatic carbocycles. The molecule has 1 saturated heterocycles. The number of halogens is 2. The summed E-state index contributed by atoms with van der Waals surface area (Å²) in [6.45, 7) is 5.92. The molecule has 2 N–H and O–H groups in total. The van der Waals surface area contributed by atoms with E-state index < -0.39 is 62.5 Å². The molecule has 1 aromatic carbocycles. The SMILES string of the molecule is Cc1nc(N(C2CC2)C2CC2)c2ncn([C@@H]3O[C@](CCl)(COP(=O)(N[C@@H](C)C(=O)OC(C)C)Oc4ccccc4)[C@@H](O)[C@@H]3F)c2n1. The number of rotatable bonds is 14. The summed E-state index contributed by atoms with van der Waals surface area (Å²) >= 11 is 6.33. The van der Waals surface area contributed by atoms with Gasteiger partial charge in [0.1, 0.15) is 29.3 Å². The van der Waals surface area contributed by atoms with Gasteiger partial charge in [-0.2, -0.15) is 5.09 Å². The van der Waals surface area contributed by atoms with E-state index in [9.17, 15) is 14.5 Å². The number of hydrogen-bond donors (Lipinski definition) is 2. The van der Waals surface area contributed by atoms with E-state index in [-0.39, 0.29) is 5.75 Å². The van der Waals surface area contributed by atoms with Crippen molar-refractivity contribution in [2.75, 3.05) is 17.4 Å². The molecule has 3 aliphatic rings. The second-order valence-electron chi connectivity index (χ2n) is 12.4. The third-order valence-electron chi connectivity index (χ3n) is 8.11. The highest BCUT2D eigenvalue weighted by molar-refractivity contribution is 7.52. The van der Waals surface area contributed by atoms with Gasteiger partial charge in [-0.25, -0.2) is 23.9 Å². The van der Waals surface area contributed by atoms with E-state index in [0.717, 1.165) is 25.7 Å². The Morgan fingerprint density at radius 2 is 1.89 bits per heavy atom. The standard InChI is InChI=1S/C30H39ClFN6O7P/c1-17(2)43-29(40)18(3)36-46(41,45-22-8-6-5-7-9-22)42-15-30(14-31)25(39)23(32)28(44-30)37-16-33-24-26(37)34-19(4)35-27(24)38(20-10-11-20)21-12-13-21/h5-9,16-18,20-21,23,25,28,39H,10-15H2,1-4H3,(H,36,41)/t18-,23-,25-,28+,30+,46?/m0/s1. The molecule has 0 amide bonds. The molecule has 0 radical (unpaired) electrons. The van der Waals surface area contributed by atoms with Crippen molar-refractivity contribution in [3.63, 3.8) is 0 Å². The van der Waals surface area contributed by atoms with Gasteiger partial charge in [-0.1, -0.05) is 18.2 Å². The molecule has 1 aliphatic heterocycles. The minimum Gasteiger partial charge on any atom is -0.462 e. The molecule has 16 heteroatoms. The molecule has 3 heterocycles. The van der Waals surface area contributed by atoms with Gasteiger partial charge in [-0.3, -0.25) is 13.9 Å². The molecule has 46 heavy (non-hydrogen) atoms. The van der Waals surface area contributed by atoms with Crippen LogP contribution in [0.25, 0.3) is 11.2 Å². The lowest BCUT2D eigenvalue weighted by Gasteiger charge is -2.31. The number of ether oxygens (including phenoxy) is 2. The molecular formula is C30H39ClFN6O7P. The van der Waals surface area contributed by atoms with E-state index in [1.807, 2.05) is 0 Å². The molecule has 6 rings (SSSR count). The van der Waals surface area contributed by atoms with E-state index in [2.05, 4.69) is 20.0 Å². The number of nitrogens with one attached hydrogen (secondary N) is 1. The van der Waals surface area contributed by atoms with Crippen LogP contribution in [0, 0.1) is 6.92 Å². The summed E-state index contributed by atoms with van der Waals surface area (Å²) in [6, 6.07) is 7.86. The summed E-state index contributed by atoms with van der Waals surface area (Å²) in [5.41, 5.74) is -0.987. The second-order valence-corrected chi connectivity index (χ2v) is 14.4. The maximum Gasteiger partial charge on any atom is 0.459 e. The Balaban J connectivity index is 1.26. The van der Waals surface area contributed by atoms with Crippen molar-refractivity contribution in [3.05, 3.63) is 42.5 Å². The zero-order valence-electron chi connectivity index (χ0n) is 26.1. The van der Waals surface area contributed by atoms with Crippen molar-refractivity contribution in [2.24, 2.45) is 0 Å². The average molecular weight is 681 g/mol. The van der Waals surface area contributed by atoms with Crippen LogP contribution in [0.3, 0.4) is 0 Å². The van der Waals surface area contributed by atoms with Gasteiger partial charge in [0.05, 0.1) is 24.9 Å². The summed E-state index contributed by atoms with van der Waals surface area (Å²) in [4.78, 5) is 28.7. The monoisotopic (exact) mass is 680 g/mol. The highest BCUT2D eigenvalue weighted by atomic mass is 35.5. The van der Waals surface area contributed by atoms with Crippen molar-refractivity contribution in [1.82, 2.24) is 24.6 Å². The fourth-order valence-electron chi connectivity index (χ4n) is 5.55. The van der Waals surface area contributed by atoms with Crippen molar-refractivity contribution in [3.8, 4) is 5.75 Å². The Kier molecular flexibility index (Phi) is 9.32. The number of hydrogen-bond acceptors (Lipinski definition) is 11. The lowest BCUT2D eigenvalue weighted by molar-refractivity contribution is -0.149. The Morgan fingerprint density at radius 3 is 2.50 bits per heavy atom. The van der Waals surface area contributed by atoms with Crippen molar-refractivity contribution >= 4 is 42.3 Å². The zero-order chi connectivity index (χ0) is 32.8. The Bertz CT molecular complexity index is 1600. The normalized spacial score (nSPS) is 26.7. The first-order valence-corrected chi connectivity index (χ1v) is 17.5. The van der Waals surface area contributed by atoms with Gasteiger partial charge in [0.25, 0.3) is 0 Å². The van der Waals surface area contributed by atoms with Crippen LogP contribution in [0.2, 0.25) is 0 Å². The van der Waals surface area contributed by atoms with E-state index >= 15 is 4.39 Å². The van der Waals surface area contributed by atoms with Crippen LogP contribution in [0.15, 0.2) is 36.7 Å². The number of alkyl halides is 2. The average Bonchev–Trinajstić information content (AvgIpc) is 3.96. The van der Waals surface area contributed by atoms with Gasteiger partial charge in [-0.05, 0) is 65.5 Å². The molecule has 1 unspecified atom stereocenters. The van der Waals surface area contributed by atoms with Gasteiger partial charge in [0.2, 0.25) is 0 Å². The van der Waals surface area contributed by atoms with Crippen LogP contribution in [-0.2, 0) is 23.4 Å². The summed E-state index contributed by atoms with van der Waals surface area (Å²) < 4.78 is 54.4. The molecule has 3 aromatic rings. The van der Waals surface area contributed by atoms with Crippen molar-refractivity contribution in [1.29, 1.82) is 0 Å². The highest BCUT2D eigenvalue weighted by Gasteiger charge is 2.57. The van der Waals surface area contributed by atoms with Crippen LogP contribution in [0.4, 0.5) is 10.2 Å². The second kappa shape index (κ2) is 13.0. The first-order valence-electron chi connectivity index (χ1n) is 15.5. The fraction of sp³-hybridized carbons (Fsp3) is 0.600. The first-order chi connectivity index (χ1) is 21.9. The number of carbonyl (C=O) groups is 1. The molecule has 13 nitrogen and oxygen atoms in total. The van der Waals surface area contributed by atoms with E-state index in [4.69, 9.17) is 35.1 Å². The Hall–Kier alpha value is -2.87. The van der Waals surface area contributed by atoms with Gasteiger partial charge < -0.3 is 24.0 Å². The van der Waals surface area contributed by atoms with Gasteiger partial charge in [-0.15, -0.1) is 11.6 Å². The predicted molar refractivity (Wildman–Crippen MR) is 168 cm³/mol. The van der Waals surface area contributed by atoms with Crippen LogP contribution >= 0.6 is 19.3 Å². The van der Waals surface area contributed by atoms with Crippen LogP contribution in [-0.4, -0.2) is 85.2 Å².